The van der Waals surface area contributed by atoms with Crippen molar-refractivity contribution < 1.29 is 59.1 Å². The number of aromatic hydroxyl groups is 1. The van der Waals surface area contributed by atoms with Crippen molar-refractivity contribution in [1.82, 2.24) is 0 Å². The van der Waals surface area contributed by atoms with Crippen LogP contribution >= 0.6 is 0 Å². The zero-order valence-corrected chi connectivity index (χ0v) is 18.8. The Balaban J connectivity index is 1.31. The maximum Gasteiger partial charge on any atom is 0.338 e. The topological polar surface area (TPSA) is 185 Å². The molecular weight excluding hydrogens is 468 g/mol. The highest BCUT2D eigenvalue weighted by molar-refractivity contribution is 5.89. The summed E-state index contributed by atoms with van der Waals surface area (Å²) in [7, 11) is 0. The van der Waals surface area contributed by atoms with Crippen LogP contribution in [0.4, 0.5) is 0 Å². The van der Waals surface area contributed by atoms with E-state index in [1.807, 2.05) is 0 Å². The second-order valence-electron chi connectivity index (χ2n) is 10.4. The lowest BCUT2D eigenvalue weighted by Gasteiger charge is -2.67. The average molecular weight is 496 g/mol. The lowest BCUT2D eigenvalue weighted by atomic mass is 9.41. The van der Waals surface area contributed by atoms with Gasteiger partial charge in [0.05, 0.1) is 17.6 Å². The molecule has 3 saturated carbocycles. The molecule has 1 unspecified atom stereocenters. The highest BCUT2D eigenvalue weighted by atomic mass is 16.8. The van der Waals surface area contributed by atoms with Crippen molar-refractivity contribution >= 4 is 5.97 Å². The smallest absolute Gasteiger partial charge is 0.338 e. The van der Waals surface area contributed by atoms with E-state index in [-0.39, 0.29) is 30.8 Å². The Kier molecular flexibility index (Phi) is 4.93. The van der Waals surface area contributed by atoms with Crippen LogP contribution in [0.2, 0.25) is 0 Å². The van der Waals surface area contributed by atoms with E-state index in [1.54, 1.807) is 6.92 Å². The van der Waals surface area contributed by atoms with Crippen molar-refractivity contribution in [2.75, 3.05) is 13.2 Å². The molecule has 6 bridgehead atoms. The van der Waals surface area contributed by atoms with Gasteiger partial charge in [0.1, 0.15) is 48.0 Å². The fourth-order valence-corrected chi connectivity index (χ4v) is 6.90. The number of rotatable bonds is 6. The van der Waals surface area contributed by atoms with Crippen LogP contribution < -0.4 is 0 Å². The molecule has 12 nitrogen and oxygen atoms in total. The van der Waals surface area contributed by atoms with E-state index in [4.69, 9.17) is 23.7 Å². The second kappa shape index (κ2) is 7.34. The molecule has 192 valence electrons. The molecule has 0 radical (unpaired) electrons. The number of hydrogen-bond acceptors (Lipinski definition) is 12. The Morgan fingerprint density at radius 2 is 1.83 bits per heavy atom. The molecule has 4 saturated heterocycles. The van der Waals surface area contributed by atoms with Crippen molar-refractivity contribution in [2.45, 2.75) is 73.8 Å². The van der Waals surface area contributed by atoms with Gasteiger partial charge in [0.2, 0.25) is 0 Å². The third-order valence-electron chi connectivity index (χ3n) is 8.66. The molecule has 4 heterocycles. The fraction of sp³-hybridized carbons (Fsp3) is 0.696. The number of carbonyl (C=O) groups is 1. The largest absolute Gasteiger partial charge is 0.508 e. The molecule has 1 aromatic carbocycles. The number of ether oxygens (including phenoxy) is 5. The fourth-order valence-electron chi connectivity index (χ4n) is 6.90. The van der Waals surface area contributed by atoms with E-state index in [0.717, 1.165) is 0 Å². The van der Waals surface area contributed by atoms with Gasteiger partial charge >= 0.3 is 5.97 Å². The van der Waals surface area contributed by atoms with Crippen LogP contribution in [0.15, 0.2) is 24.3 Å². The monoisotopic (exact) mass is 496 g/mol. The highest BCUT2D eigenvalue weighted by Crippen LogP contribution is 2.81. The molecule has 3 aliphatic carbocycles. The van der Waals surface area contributed by atoms with Crippen LogP contribution in [0, 0.1) is 11.3 Å². The molecule has 7 fully saturated rings. The van der Waals surface area contributed by atoms with Crippen LogP contribution in [-0.2, 0) is 23.7 Å². The lowest BCUT2D eigenvalue weighted by Crippen LogP contribution is -2.80. The molecule has 12 heteroatoms. The summed E-state index contributed by atoms with van der Waals surface area (Å²) in [5.74, 6) is -2.68. The number of aliphatic hydroxyl groups is 5. The van der Waals surface area contributed by atoms with Crippen molar-refractivity contribution in [1.29, 1.82) is 0 Å². The summed E-state index contributed by atoms with van der Waals surface area (Å²) in [6.45, 7) is 0.878. The Morgan fingerprint density at radius 1 is 1.11 bits per heavy atom. The first-order chi connectivity index (χ1) is 16.5. The summed E-state index contributed by atoms with van der Waals surface area (Å²) in [5, 5.41) is 61.2. The van der Waals surface area contributed by atoms with Crippen molar-refractivity contribution in [2.24, 2.45) is 11.3 Å². The Bertz CT molecular complexity index is 1030. The van der Waals surface area contributed by atoms with Gasteiger partial charge in [-0.25, -0.2) is 4.79 Å². The van der Waals surface area contributed by atoms with E-state index in [1.165, 1.54) is 24.3 Å². The maximum absolute atomic E-state index is 12.7. The number of hydrogen-bond donors (Lipinski definition) is 6. The number of phenolic OH excluding ortho intramolecular Hbond substituents is 1. The first-order valence-corrected chi connectivity index (χ1v) is 11.5. The summed E-state index contributed by atoms with van der Waals surface area (Å²) in [4.78, 5) is 12.7. The number of phenols is 1. The van der Waals surface area contributed by atoms with Gasteiger partial charge in [0.25, 0.3) is 0 Å². The number of carbonyl (C=O) groups excluding carboxylic acids is 1. The maximum atomic E-state index is 12.7. The van der Waals surface area contributed by atoms with Gasteiger partial charge in [-0.15, -0.1) is 0 Å². The summed E-state index contributed by atoms with van der Waals surface area (Å²) in [6, 6.07) is 5.54. The van der Waals surface area contributed by atoms with E-state index in [0.29, 0.717) is 0 Å². The molecule has 11 atom stereocenters. The second-order valence-corrected chi connectivity index (χ2v) is 10.4. The predicted molar refractivity (Wildman–Crippen MR) is 110 cm³/mol. The molecule has 4 aliphatic heterocycles. The van der Waals surface area contributed by atoms with Gasteiger partial charge in [-0.05, 0) is 37.6 Å². The van der Waals surface area contributed by atoms with Gasteiger partial charge in [-0.2, -0.15) is 0 Å². The quantitative estimate of drug-likeness (QED) is 0.247. The molecule has 8 rings (SSSR count). The number of aliphatic hydroxyl groups excluding tert-OH is 4. The van der Waals surface area contributed by atoms with Gasteiger partial charge in [0, 0.05) is 12.3 Å². The van der Waals surface area contributed by atoms with E-state index < -0.39 is 77.9 Å². The first kappa shape index (κ1) is 23.5. The van der Waals surface area contributed by atoms with Gasteiger partial charge in [0.15, 0.2) is 18.4 Å². The van der Waals surface area contributed by atoms with Crippen molar-refractivity contribution in [3.63, 3.8) is 0 Å². The van der Waals surface area contributed by atoms with Crippen LogP contribution in [0.3, 0.4) is 0 Å². The zero-order chi connectivity index (χ0) is 25.0. The molecule has 6 N–H and O–H groups in total. The molecule has 7 aliphatic rings. The average Bonchev–Trinajstić information content (AvgIpc) is 3.00. The predicted octanol–water partition coefficient (Wildman–Crippen LogP) is -1.65. The van der Waals surface area contributed by atoms with Gasteiger partial charge in [-0.1, -0.05) is 0 Å². The first-order valence-electron chi connectivity index (χ1n) is 11.5. The highest BCUT2D eigenvalue weighted by Gasteiger charge is 2.94. The lowest BCUT2D eigenvalue weighted by molar-refractivity contribution is -0.424. The third-order valence-corrected chi connectivity index (χ3v) is 8.66. The Hall–Kier alpha value is -1.87. The Morgan fingerprint density at radius 3 is 2.51 bits per heavy atom. The summed E-state index contributed by atoms with van der Waals surface area (Å²) >= 11 is 0. The van der Waals surface area contributed by atoms with Crippen LogP contribution in [-0.4, -0.2) is 104 Å². The molecule has 35 heavy (non-hydrogen) atoms. The normalized spacial score (nSPS) is 51.3. The van der Waals surface area contributed by atoms with Crippen LogP contribution in [0.1, 0.15) is 30.1 Å². The number of esters is 1. The summed E-state index contributed by atoms with van der Waals surface area (Å²) in [6.07, 6.45) is -8.10. The minimum atomic E-state index is -1.64. The SMILES string of the molecule is C[C@@]12C[C@]3(O)O[C@@H](O1)[C@@]1(COC(=O)c4ccc(O)cc4)C3C[C@]21O[C@@H]1O[C@@H](CO)[C@H](O)[C@H](O)[C@H]1O. The van der Waals surface area contributed by atoms with Gasteiger partial charge in [-0.3, -0.25) is 0 Å². The number of benzene rings is 1. The molecular formula is C23H28O12. The molecule has 0 amide bonds. The van der Waals surface area contributed by atoms with E-state index in [2.05, 4.69) is 0 Å². The van der Waals surface area contributed by atoms with Crippen LogP contribution in [0.5, 0.6) is 5.75 Å². The molecule has 0 spiro atoms. The summed E-state index contributed by atoms with van der Waals surface area (Å²) in [5.41, 5.74) is -3.27. The van der Waals surface area contributed by atoms with E-state index >= 15 is 0 Å². The minimum absolute atomic E-state index is 0.00282. The van der Waals surface area contributed by atoms with Crippen LogP contribution in [0.25, 0.3) is 0 Å². The van der Waals surface area contributed by atoms with E-state index in [9.17, 15) is 35.4 Å². The van der Waals surface area contributed by atoms with Crippen molar-refractivity contribution in [3.8, 4) is 5.75 Å². The Labute approximate surface area is 199 Å². The minimum Gasteiger partial charge on any atom is -0.508 e. The standard InChI is InChI=1S/C23H28O12/c1-20-8-22(30)13-6-23(20,33-18-16(28)15(27)14(26)12(7-24)32-18)21(13,19(34-20)35-22)9-31-17(29)10-2-4-11(25)5-3-10/h2-5,12-16,18-19,24-28,30H,6-9H2,1H3/t12-,13?,14-,15-,16+,18-,19+,20-,21+,22-,23-/m0/s1. The van der Waals surface area contributed by atoms with Crippen molar-refractivity contribution in [3.05, 3.63) is 29.8 Å². The summed E-state index contributed by atoms with van der Waals surface area (Å²) < 4.78 is 29.6. The zero-order valence-electron chi connectivity index (χ0n) is 18.8. The van der Waals surface area contributed by atoms with Gasteiger partial charge < -0.3 is 54.3 Å². The third kappa shape index (κ3) is 2.80. The molecule has 1 aromatic rings. The molecule has 0 aromatic heterocycles.